The minimum Gasteiger partial charge on any atom is -0.457 e. The summed E-state index contributed by atoms with van der Waals surface area (Å²) in [6.07, 6.45) is 0. The normalized spacial score (nSPS) is 11.4. The highest BCUT2D eigenvalue weighted by atomic mass is 16.5. The van der Waals surface area contributed by atoms with Gasteiger partial charge in [0.1, 0.15) is 11.2 Å². The number of benzene rings is 2. The van der Waals surface area contributed by atoms with E-state index in [-0.39, 0.29) is 5.41 Å². The minimum atomic E-state index is 0.00308. The zero-order valence-corrected chi connectivity index (χ0v) is 13.3. The highest BCUT2D eigenvalue weighted by Crippen LogP contribution is 2.37. The van der Waals surface area contributed by atoms with E-state index in [0.717, 1.165) is 24.4 Å². The van der Waals surface area contributed by atoms with Crippen molar-refractivity contribution in [2.75, 3.05) is 13.2 Å². The molecule has 0 amide bonds. The van der Waals surface area contributed by atoms with Crippen molar-refractivity contribution in [3.63, 3.8) is 0 Å². The fourth-order valence-corrected chi connectivity index (χ4v) is 2.49. The molecule has 0 radical (unpaired) electrons. The Bertz CT molecular complexity index is 635. The average Bonchev–Trinajstić information content (AvgIpc) is 3.13. The molecule has 0 saturated heterocycles. The van der Waals surface area contributed by atoms with Gasteiger partial charge in [0.2, 0.25) is 0 Å². The van der Waals surface area contributed by atoms with E-state index in [9.17, 15) is 0 Å². The van der Waals surface area contributed by atoms with Gasteiger partial charge in [-0.25, -0.2) is 0 Å². The predicted molar refractivity (Wildman–Crippen MR) is 88.1 cm³/mol. The highest BCUT2D eigenvalue weighted by molar-refractivity contribution is 5.69. The smallest absolute Gasteiger partial charge is 0.131 e. The Morgan fingerprint density at radius 3 is 2.05 bits per heavy atom. The van der Waals surface area contributed by atoms with Gasteiger partial charge in [0.05, 0.1) is 0 Å². The molecule has 2 heteroatoms. The van der Waals surface area contributed by atoms with E-state index in [1.54, 1.807) is 0 Å². The van der Waals surface area contributed by atoms with Gasteiger partial charge in [-0.2, -0.15) is 0 Å². The van der Waals surface area contributed by atoms with Crippen molar-refractivity contribution in [1.82, 2.24) is 0 Å². The molecule has 0 spiro atoms. The number of ether oxygens (including phenoxy) is 1. The monoisotopic (exact) mass is 284 g/mol. The van der Waals surface area contributed by atoms with Crippen LogP contribution < -0.4 is 0 Å². The number of hydrogen-bond acceptors (Lipinski definition) is 2. The van der Waals surface area contributed by atoms with Crippen LogP contribution in [0.1, 0.15) is 38.8 Å². The number of rotatable bonds is 4. The molecule has 112 valence electrons. The average molecular weight is 284 g/mol. The molecule has 21 heavy (non-hydrogen) atoms. The number of fused-ring (bicyclic) bond motifs is 2. The summed E-state index contributed by atoms with van der Waals surface area (Å²) >= 11 is 0. The van der Waals surface area contributed by atoms with Gasteiger partial charge in [0.25, 0.3) is 0 Å². The van der Waals surface area contributed by atoms with Crippen molar-refractivity contribution in [2.24, 2.45) is 0 Å². The first-order valence-electron chi connectivity index (χ1n) is 7.55. The zero-order chi connectivity index (χ0) is 15.3. The molecule has 0 fully saturated rings. The van der Waals surface area contributed by atoms with Gasteiger partial charge >= 0.3 is 0 Å². The maximum Gasteiger partial charge on any atom is 0.131 e. The maximum absolute atomic E-state index is 5.62. The Hall–Kier alpha value is -1.80. The summed E-state index contributed by atoms with van der Waals surface area (Å²) in [5, 5.41) is 0. The van der Waals surface area contributed by atoms with E-state index in [1.165, 1.54) is 11.1 Å². The van der Waals surface area contributed by atoms with E-state index < -0.39 is 0 Å². The summed E-state index contributed by atoms with van der Waals surface area (Å²) in [5.74, 6) is 0. The molecule has 0 aliphatic carbocycles. The number of furan rings is 2. The quantitative estimate of drug-likeness (QED) is 0.653. The van der Waals surface area contributed by atoms with Gasteiger partial charge in [-0.05, 0) is 37.6 Å². The van der Waals surface area contributed by atoms with Gasteiger partial charge < -0.3 is 9.15 Å². The van der Waals surface area contributed by atoms with Crippen molar-refractivity contribution >= 4 is 11.2 Å². The molecular formula is C19H24O2. The summed E-state index contributed by atoms with van der Waals surface area (Å²) in [5.41, 5.74) is 4.57. The van der Waals surface area contributed by atoms with Gasteiger partial charge in [-0.3, -0.25) is 0 Å². The fourth-order valence-electron chi connectivity index (χ4n) is 2.49. The van der Waals surface area contributed by atoms with E-state index in [1.807, 2.05) is 26.0 Å². The molecule has 0 aliphatic rings. The Morgan fingerprint density at radius 2 is 1.62 bits per heavy atom. The molecule has 2 heterocycles. The van der Waals surface area contributed by atoms with Crippen molar-refractivity contribution in [2.45, 2.75) is 33.1 Å². The van der Waals surface area contributed by atoms with Gasteiger partial charge in [-0.1, -0.05) is 44.2 Å². The molecular weight excluding hydrogens is 260 g/mol. The van der Waals surface area contributed by atoms with Crippen molar-refractivity contribution in [3.8, 4) is 0 Å². The Balaban J connectivity index is 0.000000282. The van der Waals surface area contributed by atoms with E-state index in [0.29, 0.717) is 0 Å². The molecule has 1 aromatic carbocycles. The molecule has 0 saturated carbocycles. The summed E-state index contributed by atoms with van der Waals surface area (Å²) in [6, 6.07) is 16.8. The van der Waals surface area contributed by atoms with Crippen LogP contribution >= 0.6 is 0 Å². The van der Waals surface area contributed by atoms with Crippen LogP contribution in [0.15, 0.2) is 52.9 Å². The van der Waals surface area contributed by atoms with Crippen LogP contribution in [0.2, 0.25) is 0 Å². The second-order valence-electron chi connectivity index (χ2n) is 5.53. The van der Waals surface area contributed by atoms with E-state index in [2.05, 4.69) is 50.2 Å². The summed E-state index contributed by atoms with van der Waals surface area (Å²) in [4.78, 5) is 0. The number of hydrogen-bond donors (Lipinski definition) is 0. The van der Waals surface area contributed by atoms with Crippen LogP contribution in [0.5, 0.6) is 0 Å². The largest absolute Gasteiger partial charge is 0.457 e. The molecule has 0 unspecified atom stereocenters. The van der Waals surface area contributed by atoms with Gasteiger partial charge in [-0.15, -0.1) is 0 Å². The second kappa shape index (κ2) is 6.77. The van der Waals surface area contributed by atoms with Crippen molar-refractivity contribution in [1.29, 1.82) is 0 Å². The topological polar surface area (TPSA) is 22.4 Å². The third-order valence-corrected chi connectivity index (χ3v) is 3.76. The molecule has 0 aliphatic heterocycles. The molecule has 0 atom stereocenters. The van der Waals surface area contributed by atoms with Crippen molar-refractivity contribution < 1.29 is 9.15 Å². The minimum absolute atomic E-state index is 0.00308. The molecule has 0 N–H and O–H groups in total. The van der Waals surface area contributed by atoms with E-state index >= 15 is 0 Å². The molecule has 2 bridgehead atoms. The standard InChI is InChI=1S/C15H14O.C4H10O/c1-15(2,11-6-4-3-5-7-11)13-10-12-8-9-14(13)16-12;1-3-5-4-2/h3-10H,1-2H3;3-4H2,1-2H3. The fraction of sp³-hybridized carbons (Fsp3) is 0.368. The van der Waals surface area contributed by atoms with Gasteiger partial charge in [0.15, 0.2) is 0 Å². The summed E-state index contributed by atoms with van der Waals surface area (Å²) < 4.78 is 10.5. The first-order chi connectivity index (χ1) is 10.1. The third-order valence-electron chi connectivity index (χ3n) is 3.76. The van der Waals surface area contributed by atoms with E-state index in [4.69, 9.17) is 9.15 Å². The summed E-state index contributed by atoms with van der Waals surface area (Å²) in [6.45, 7) is 10.1. The lowest BCUT2D eigenvalue weighted by Crippen LogP contribution is -2.18. The highest BCUT2D eigenvalue weighted by Gasteiger charge is 2.27. The first kappa shape index (κ1) is 15.6. The SMILES string of the molecule is CC(C)(c1ccccc1)c1cc2ccc1o2.CCOCC. The van der Waals surface area contributed by atoms with Crippen LogP contribution in [-0.2, 0) is 10.2 Å². The van der Waals surface area contributed by atoms with Crippen LogP contribution in [0, 0.1) is 0 Å². The lowest BCUT2D eigenvalue weighted by atomic mass is 9.78. The van der Waals surface area contributed by atoms with Crippen molar-refractivity contribution in [3.05, 3.63) is 59.7 Å². The maximum atomic E-state index is 5.62. The Morgan fingerprint density at radius 1 is 0.952 bits per heavy atom. The van der Waals surface area contributed by atoms with Crippen LogP contribution in [0.25, 0.3) is 11.2 Å². The zero-order valence-electron chi connectivity index (χ0n) is 13.3. The molecule has 2 aromatic heterocycles. The predicted octanol–water partition coefficient (Wildman–Crippen LogP) is 5.24. The van der Waals surface area contributed by atoms with Crippen LogP contribution in [0.4, 0.5) is 0 Å². The molecule has 2 nitrogen and oxygen atoms in total. The lowest BCUT2D eigenvalue weighted by molar-refractivity contribution is 0.162. The lowest BCUT2D eigenvalue weighted by Gasteiger charge is -2.24. The Kier molecular flexibility index (Phi) is 5.03. The Labute approximate surface area is 127 Å². The first-order valence-corrected chi connectivity index (χ1v) is 7.55. The third kappa shape index (κ3) is 3.45. The second-order valence-corrected chi connectivity index (χ2v) is 5.53. The van der Waals surface area contributed by atoms with Gasteiger partial charge in [0, 0.05) is 24.2 Å². The molecule has 3 aromatic rings. The molecule has 3 rings (SSSR count). The summed E-state index contributed by atoms with van der Waals surface area (Å²) in [7, 11) is 0. The van der Waals surface area contributed by atoms with Crippen LogP contribution in [-0.4, -0.2) is 13.2 Å². The van der Waals surface area contributed by atoms with Crippen LogP contribution in [0.3, 0.4) is 0 Å².